The summed E-state index contributed by atoms with van der Waals surface area (Å²) in [6, 6.07) is 2.17. The highest BCUT2D eigenvalue weighted by Crippen LogP contribution is 2.27. The zero-order chi connectivity index (χ0) is 9.84. The maximum absolute atomic E-state index is 5.88. The van der Waals surface area contributed by atoms with Gasteiger partial charge in [-0.05, 0) is 37.5 Å². The first-order chi connectivity index (χ1) is 6.09. The van der Waals surface area contributed by atoms with Gasteiger partial charge in [0.05, 0.1) is 5.02 Å². The van der Waals surface area contributed by atoms with Crippen molar-refractivity contribution >= 4 is 45.3 Å². The van der Waals surface area contributed by atoms with Crippen molar-refractivity contribution in [2.24, 2.45) is 0 Å². The molecule has 1 heterocycles. The smallest absolute Gasteiger partial charge is 0.171 e. The monoisotopic (exact) mass is 234 g/mol. The van der Waals surface area contributed by atoms with Crippen molar-refractivity contribution < 1.29 is 0 Å². The molecule has 0 spiro atoms. The van der Waals surface area contributed by atoms with E-state index < -0.39 is 0 Å². The maximum Gasteiger partial charge on any atom is 0.171 e. The van der Waals surface area contributed by atoms with Crippen LogP contribution in [0.25, 0.3) is 0 Å². The fourth-order valence-electron chi connectivity index (χ4n) is 0.784. The van der Waals surface area contributed by atoms with Crippen LogP contribution in [0.3, 0.4) is 0 Å². The Morgan fingerprint density at radius 3 is 2.77 bits per heavy atom. The Labute approximate surface area is 92.3 Å². The Morgan fingerprint density at radius 2 is 2.31 bits per heavy atom. The van der Waals surface area contributed by atoms with Crippen LogP contribution in [-0.4, -0.2) is 11.2 Å². The van der Waals surface area contributed by atoms with E-state index in [0.29, 0.717) is 16.2 Å². The lowest BCUT2D eigenvalue weighted by molar-refractivity contribution is 0.739. The van der Waals surface area contributed by atoms with E-state index in [1.807, 2.05) is 25.3 Å². The Balaban J connectivity index is 2.50. The minimum Gasteiger partial charge on any atom is -0.360 e. The van der Waals surface area contributed by atoms with E-state index in [4.69, 9.17) is 23.8 Å². The van der Waals surface area contributed by atoms with E-state index >= 15 is 0 Å². The molecule has 0 amide bonds. The van der Waals surface area contributed by atoms with Gasteiger partial charge in [-0.3, -0.25) is 0 Å². The minimum absolute atomic E-state index is 0.332. The second-order valence-electron chi connectivity index (χ2n) is 2.85. The zero-order valence-corrected chi connectivity index (χ0v) is 9.82. The number of rotatable bonds is 2. The van der Waals surface area contributed by atoms with E-state index in [1.54, 1.807) is 0 Å². The van der Waals surface area contributed by atoms with Crippen LogP contribution in [-0.2, 0) is 0 Å². The number of hydrogen-bond acceptors (Lipinski definition) is 2. The standard InChI is InChI=1S/C8H11ClN2S2/c1-5(2)10-8(12)11-7-6(9)3-4-13-7/h3-5H,1-2H3,(H2,10,11,12). The average Bonchev–Trinajstić information content (AvgIpc) is 2.34. The molecule has 5 heteroatoms. The minimum atomic E-state index is 0.332. The molecule has 0 saturated heterocycles. The average molecular weight is 235 g/mol. The molecule has 72 valence electrons. The second-order valence-corrected chi connectivity index (χ2v) is 4.58. The lowest BCUT2D eigenvalue weighted by Crippen LogP contribution is -2.33. The molecule has 0 aliphatic carbocycles. The van der Waals surface area contributed by atoms with Crippen LogP contribution in [0.5, 0.6) is 0 Å². The van der Waals surface area contributed by atoms with Crippen molar-refractivity contribution in [1.82, 2.24) is 5.32 Å². The van der Waals surface area contributed by atoms with Crippen LogP contribution in [0.1, 0.15) is 13.8 Å². The molecule has 0 atom stereocenters. The van der Waals surface area contributed by atoms with E-state index in [9.17, 15) is 0 Å². The predicted octanol–water partition coefficient (Wildman–Crippen LogP) is 3.10. The number of anilines is 1. The first-order valence-electron chi connectivity index (χ1n) is 3.90. The highest BCUT2D eigenvalue weighted by molar-refractivity contribution is 7.80. The van der Waals surface area contributed by atoms with Gasteiger partial charge < -0.3 is 10.6 Å². The van der Waals surface area contributed by atoms with Crippen molar-refractivity contribution in [1.29, 1.82) is 0 Å². The maximum atomic E-state index is 5.88. The predicted molar refractivity (Wildman–Crippen MR) is 63.8 cm³/mol. The molecule has 1 aromatic heterocycles. The first-order valence-corrected chi connectivity index (χ1v) is 5.56. The Kier molecular flexibility index (Phi) is 3.96. The molecule has 0 aliphatic rings. The van der Waals surface area contributed by atoms with Gasteiger partial charge in [0.15, 0.2) is 5.11 Å². The number of thiocarbonyl (C=S) groups is 1. The van der Waals surface area contributed by atoms with E-state index in [-0.39, 0.29) is 0 Å². The van der Waals surface area contributed by atoms with Gasteiger partial charge in [0.25, 0.3) is 0 Å². The summed E-state index contributed by atoms with van der Waals surface area (Å²) in [4.78, 5) is 0. The third-order valence-electron chi connectivity index (χ3n) is 1.26. The van der Waals surface area contributed by atoms with Crippen LogP contribution >= 0.6 is 35.2 Å². The second kappa shape index (κ2) is 4.79. The molecule has 2 N–H and O–H groups in total. The quantitative estimate of drug-likeness (QED) is 0.769. The van der Waals surface area contributed by atoms with Gasteiger partial charge in [-0.25, -0.2) is 0 Å². The van der Waals surface area contributed by atoms with Crippen molar-refractivity contribution in [2.45, 2.75) is 19.9 Å². The Bertz CT molecular complexity index is 296. The van der Waals surface area contributed by atoms with E-state index in [0.717, 1.165) is 5.00 Å². The molecule has 0 aromatic carbocycles. The van der Waals surface area contributed by atoms with Crippen molar-refractivity contribution in [3.63, 3.8) is 0 Å². The van der Waals surface area contributed by atoms with Gasteiger partial charge in [-0.1, -0.05) is 11.6 Å². The van der Waals surface area contributed by atoms with Crippen LogP contribution in [0.2, 0.25) is 5.02 Å². The van der Waals surface area contributed by atoms with Crippen LogP contribution in [0.15, 0.2) is 11.4 Å². The van der Waals surface area contributed by atoms with Crippen LogP contribution < -0.4 is 10.6 Å². The number of halogens is 1. The molecule has 0 fully saturated rings. The van der Waals surface area contributed by atoms with Gasteiger partial charge >= 0.3 is 0 Å². The zero-order valence-electron chi connectivity index (χ0n) is 7.43. The third-order valence-corrected chi connectivity index (χ3v) is 2.74. The highest BCUT2D eigenvalue weighted by atomic mass is 35.5. The molecule has 0 radical (unpaired) electrons. The lowest BCUT2D eigenvalue weighted by Gasteiger charge is -2.11. The fourth-order valence-corrected chi connectivity index (χ4v) is 2.19. The number of nitrogens with one attached hydrogen (secondary N) is 2. The molecule has 0 bridgehead atoms. The summed E-state index contributed by atoms with van der Waals surface area (Å²) < 4.78 is 0. The van der Waals surface area contributed by atoms with E-state index in [2.05, 4.69) is 10.6 Å². The lowest BCUT2D eigenvalue weighted by atomic mass is 10.4. The molecule has 13 heavy (non-hydrogen) atoms. The van der Waals surface area contributed by atoms with Gasteiger partial charge in [0.2, 0.25) is 0 Å². The van der Waals surface area contributed by atoms with Gasteiger partial charge in [-0.2, -0.15) is 0 Å². The van der Waals surface area contributed by atoms with Gasteiger partial charge in [0.1, 0.15) is 5.00 Å². The topological polar surface area (TPSA) is 24.1 Å². The number of hydrogen-bond donors (Lipinski definition) is 2. The highest BCUT2D eigenvalue weighted by Gasteiger charge is 2.03. The summed E-state index contributed by atoms with van der Waals surface area (Å²) in [6.45, 7) is 4.06. The summed E-state index contributed by atoms with van der Waals surface area (Å²) >= 11 is 12.5. The first kappa shape index (κ1) is 10.8. The van der Waals surface area contributed by atoms with E-state index in [1.165, 1.54) is 11.3 Å². The SMILES string of the molecule is CC(C)NC(=S)Nc1sccc1Cl. The third kappa shape index (κ3) is 3.50. The summed E-state index contributed by atoms with van der Waals surface area (Å²) in [6.07, 6.45) is 0. The molecule has 1 rings (SSSR count). The Hall–Kier alpha value is -0.320. The van der Waals surface area contributed by atoms with Gasteiger partial charge in [-0.15, -0.1) is 11.3 Å². The molecule has 0 saturated carbocycles. The molecule has 0 aliphatic heterocycles. The Morgan fingerprint density at radius 1 is 1.62 bits per heavy atom. The summed E-state index contributed by atoms with van der Waals surface area (Å²) in [7, 11) is 0. The summed E-state index contributed by atoms with van der Waals surface area (Å²) in [5.41, 5.74) is 0. The summed E-state index contributed by atoms with van der Waals surface area (Å²) in [5.74, 6) is 0. The number of thiophene rings is 1. The summed E-state index contributed by atoms with van der Waals surface area (Å²) in [5, 5.41) is 10.2. The molecule has 0 unspecified atom stereocenters. The van der Waals surface area contributed by atoms with Crippen LogP contribution in [0.4, 0.5) is 5.00 Å². The molecule has 2 nitrogen and oxygen atoms in total. The van der Waals surface area contributed by atoms with Crippen molar-refractivity contribution in [3.05, 3.63) is 16.5 Å². The fraction of sp³-hybridized carbons (Fsp3) is 0.375. The van der Waals surface area contributed by atoms with Crippen LogP contribution in [0, 0.1) is 0 Å². The normalized spacial score (nSPS) is 10.2. The van der Waals surface area contributed by atoms with Gasteiger partial charge in [0, 0.05) is 6.04 Å². The largest absolute Gasteiger partial charge is 0.360 e. The molecular weight excluding hydrogens is 224 g/mol. The van der Waals surface area contributed by atoms with Crippen molar-refractivity contribution in [3.8, 4) is 0 Å². The van der Waals surface area contributed by atoms with Crippen molar-refractivity contribution in [2.75, 3.05) is 5.32 Å². The molecular formula is C8H11ClN2S2. The molecule has 1 aromatic rings.